The number of hydrogen-bond donors (Lipinski definition) is 2. The van der Waals surface area contributed by atoms with Crippen LogP contribution in [-0.2, 0) is 6.54 Å². The van der Waals surface area contributed by atoms with Gasteiger partial charge >= 0.3 is 0 Å². The Morgan fingerprint density at radius 1 is 0.963 bits per heavy atom. The minimum Gasteiger partial charge on any atom is -0.497 e. The number of aromatic amines is 1. The molecular formula is C20H18N6O. The van der Waals surface area contributed by atoms with Gasteiger partial charge in [0.25, 0.3) is 0 Å². The van der Waals surface area contributed by atoms with E-state index in [9.17, 15) is 0 Å². The minimum absolute atomic E-state index is 0.462. The van der Waals surface area contributed by atoms with E-state index in [1.165, 1.54) is 0 Å². The van der Waals surface area contributed by atoms with E-state index in [4.69, 9.17) is 4.74 Å². The standard InChI is InChI=1S/C20H18N6O/c1-27-17-9-7-14(8-10-17)18-13-23-26-20(24-18)21-11-16-12-22-25-19(16)15-5-3-2-4-6-15/h2-10,12-13H,11H2,1H3,(H,22,25)(H,21,24,26). The van der Waals surface area contributed by atoms with Crippen molar-refractivity contribution in [1.29, 1.82) is 0 Å². The summed E-state index contributed by atoms with van der Waals surface area (Å²) in [6, 6.07) is 17.7. The second-order valence-corrected chi connectivity index (χ2v) is 5.88. The second kappa shape index (κ2) is 7.65. The maximum absolute atomic E-state index is 5.19. The fourth-order valence-corrected chi connectivity index (χ4v) is 2.75. The SMILES string of the molecule is COc1ccc(-c2cnnc(NCc3cn[nH]c3-c3ccccc3)n2)cc1. The lowest BCUT2D eigenvalue weighted by atomic mass is 10.1. The monoisotopic (exact) mass is 358 g/mol. The average Bonchev–Trinajstić information content (AvgIpc) is 3.22. The maximum Gasteiger partial charge on any atom is 0.243 e. The molecule has 0 saturated carbocycles. The van der Waals surface area contributed by atoms with Crippen LogP contribution in [0.25, 0.3) is 22.5 Å². The van der Waals surface area contributed by atoms with Crippen molar-refractivity contribution in [1.82, 2.24) is 25.4 Å². The van der Waals surface area contributed by atoms with Crippen LogP contribution in [0.1, 0.15) is 5.56 Å². The molecule has 134 valence electrons. The minimum atomic E-state index is 0.462. The van der Waals surface area contributed by atoms with Gasteiger partial charge in [0.05, 0.1) is 30.9 Å². The molecular weight excluding hydrogens is 340 g/mol. The highest BCUT2D eigenvalue weighted by atomic mass is 16.5. The van der Waals surface area contributed by atoms with Gasteiger partial charge in [-0.1, -0.05) is 30.3 Å². The van der Waals surface area contributed by atoms with E-state index in [0.29, 0.717) is 12.5 Å². The molecule has 0 fully saturated rings. The van der Waals surface area contributed by atoms with Crippen LogP contribution in [-0.4, -0.2) is 32.5 Å². The third-order valence-corrected chi connectivity index (χ3v) is 4.16. The van der Waals surface area contributed by atoms with Crippen LogP contribution in [0.5, 0.6) is 5.75 Å². The van der Waals surface area contributed by atoms with E-state index in [1.54, 1.807) is 19.5 Å². The summed E-state index contributed by atoms with van der Waals surface area (Å²) in [6.45, 7) is 0.536. The number of nitrogens with one attached hydrogen (secondary N) is 2. The van der Waals surface area contributed by atoms with Crippen molar-refractivity contribution in [3.63, 3.8) is 0 Å². The number of hydrogen-bond acceptors (Lipinski definition) is 6. The van der Waals surface area contributed by atoms with Crippen molar-refractivity contribution >= 4 is 5.95 Å². The zero-order valence-electron chi connectivity index (χ0n) is 14.8. The lowest BCUT2D eigenvalue weighted by Crippen LogP contribution is -2.05. The van der Waals surface area contributed by atoms with Crippen LogP contribution in [0.15, 0.2) is 67.0 Å². The molecule has 0 atom stereocenters. The molecule has 2 N–H and O–H groups in total. The lowest BCUT2D eigenvalue weighted by molar-refractivity contribution is 0.415. The molecule has 4 aromatic rings. The van der Waals surface area contributed by atoms with Gasteiger partial charge in [-0.25, -0.2) is 4.98 Å². The van der Waals surface area contributed by atoms with Crippen LogP contribution < -0.4 is 10.1 Å². The molecule has 0 radical (unpaired) electrons. The Morgan fingerprint density at radius 2 is 1.78 bits per heavy atom. The number of ether oxygens (including phenoxy) is 1. The molecule has 0 unspecified atom stereocenters. The third kappa shape index (κ3) is 3.77. The Bertz CT molecular complexity index is 1010. The topological polar surface area (TPSA) is 88.6 Å². The second-order valence-electron chi connectivity index (χ2n) is 5.88. The molecule has 2 aromatic heterocycles. The molecule has 0 spiro atoms. The molecule has 0 aliphatic rings. The molecule has 0 bridgehead atoms. The number of aromatic nitrogens is 5. The molecule has 4 rings (SSSR count). The summed E-state index contributed by atoms with van der Waals surface area (Å²) < 4.78 is 5.19. The van der Waals surface area contributed by atoms with E-state index in [0.717, 1.165) is 33.8 Å². The number of methoxy groups -OCH3 is 1. The van der Waals surface area contributed by atoms with Crippen LogP contribution in [0, 0.1) is 0 Å². The van der Waals surface area contributed by atoms with Crippen molar-refractivity contribution in [3.05, 3.63) is 72.6 Å². The predicted molar refractivity (Wildman–Crippen MR) is 103 cm³/mol. The van der Waals surface area contributed by atoms with Gasteiger partial charge in [-0.2, -0.15) is 10.2 Å². The van der Waals surface area contributed by atoms with Gasteiger partial charge in [0.2, 0.25) is 5.95 Å². The fraction of sp³-hybridized carbons (Fsp3) is 0.100. The highest BCUT2D eigenvalue weighted by Gasteiger charge is 2.09. The molecule has 2 aromatic carbocycles. The highest BCUT2D eigenvalue weighted by Crippen LogP contribution is 2.22. The molecule has 0 aliphatic carbocycles. The Labute approximate surface area is 156 Å². The molecule has 7 nitrogen and oxygen atoms in total. The van der Waals surface area contributed by atoms with Gasteiger partial charge in [-0.15, -0.1) is 5.10 Å². The van der Waals surface area contributed by atoms with Crippen LogP contribution in [0.2, 0.25) is 0 Å². The lowest BCUT2D eigenvalue weighted by Gasteiger charge is -2.07. The first-order chi connectivity index (χ1) is 13.3. The Balaban J connectivity index is 1.50. The van der Waals surface area contributed by atoms with Crippen molar-refractivity contribution in [2.45, 2.75) is 6.54 Å². The number of H-pyrrole nitrogens is 1. The molecule has 0 aliphatic heterocycles. The van der Waals surface area contributed by atoms with Gasteiger partial charge in [-0.3, -0.25) is 5.10 Å². The normalized spacial score (nSPS) is 10.6. The highest BCUT2D eigenvalue weighted by molar-refractivity contribution is 5.63. The first-order valence-corrected chi connectivity index (χ1v) is 8.49. The predicted octanol–water partition coefficient (Wildman–Crippen LogP) is 3.55. The van der Waals surface area contributed by atoms with Gasteiger partial charge in [0.1, 0.15) is 5.75 Å². The van der Waals surface area contributed by atoms with E-state index in [1.807, 2.05) is 54.6 Å². The van der Waals surface area contributed by atoms with Gasteiger partial charge in [0, 0.05) is 17.7 Å². The van der Waals surface area contributed by atoms with Gasteiger partial charge < -0.3 is 10.1 Å². The summed E-state index contributed by atoms with van der Waals surface area (Å²) in [6.07, 6.45) is 3.44. The summed E-state index contributed by atoms with van der Waals surface area (Å²) in [5.41, 5.74) is 4.77. The van der Waals surface area contributed by atoms with Crippen molar-refractivity contribution in [3.8, 4) is 28.3 Å². The first kappa shape index (κ1) is 16.7. The molecule has 27 heavy (non-hydrogen) atoms. The van der Waals surface area contributed by atoms with E-state index in [-0.39, 0.29) is 0 Å². The van der Waals surface area contributed by atoms with Crippen molar-refractivity contribution < 1.29 is 4.74 Å². The van der Waals surface area contributed by atoms with Crippen LogP contribution in [0.3, 0.4) is 0 Å². The van der Waals surface area contributed by atoms with E-state index >= 15 is 0 Å². The summed E-state index contributed by atoms with van der Waals surface area (Å²) in [7, 11) is 1.64. The number of nitrogens with zero attached hydrogens (tertiary/aromatic N) is 4. The van der Waals surface area contributed by atoms with Crippen LogP contribution in [0.4, 0.5) is 5.95 Å². The Kier molecular flexibility index (Phi) is 4.74. The Hall–Kier alpha value is -3.74. The number of benzene rings is 2. The third-order valence-electron chi connectivity index (χ3n) is 4.16. The quantitative estimate of drug-likeness (QED) is 0.548. The van der Waals surface area contributed by atoms with E-state index < -0.39 is 0 Å². The first-order valence-electron chi connectivity index (χ1n) is 8.49. The summed E-state index contributed by atoms with van der Waals surface area (Å²) >= 11 is 0. The van der Waals surface area contributed by atoms with Gasteiger partial charge in [0.15, 0.2) is 0 Å². The van der Waals surface area contributed by atoms with Crippen molar-refractivity contribution in [2.75, 3.05) is 12.4 Å². The summed E-state index contributed by atoms with van der Waals surface area (Å²) in [5.74, 6) is 1.26. The van der Waals surface area contributed by atoms with Crippen molar-refractivity contribution in [2.24, 2.45) is 0 Å². The maximum atomic E-state index is 5.19. The summed E-state index contributed by atoms with van der Waals surface area (Å²) in [5, 5.41) is 18.6. The average molecular weight is 358 g/mol. The van der Waals surface area contributed by atoms with Crippen LogP contribution >= 0.6 is 0 Å². The molecule has 7 heteroatoms. The molecule has 0 saturated heterocycles. The largest absolute Gasteiger partial charge is 0.497 e. The zero-order valence-corrected chi connectivity index (χ0v) is 14.8. The van der Waals surface area contributed by atoms with E-state index in [2.05, 4.69) is 30.7 Å². The van der Waals surface area contributed by atoms with Gasteiger partial charge in [-0.05, 0) is 29.8 Å². The Morgan fingerprint density at radius 3 is 2.56 bits per heavy atom. The number of anilines is 1. The summed E-state index contributed by atoms with van der Waals surface area (Å²) in [4.78, 5) is 4.54. The zero-order chi connectivity index (χ0) is 18.5. The molecule has 2 heterocycles. The fourth-order valence-electron chi connectivity index (χ4n) is 2.75. The number of rotatable bonds is 6. The molecule has 0 amide bonds. The smallest absolute Gasteiger partial charge is 0.243 e.